The molecule has 1 aliphatic heterocycles. The lowest BCUT2D eigenvalue weighted by Gasteiger charge is -2.27. The van der Waals surface area contributed by atoms with Crippen molar-refractivity contribution < 1.29 is 13.5 Å². The second kappa shape index (κ2) is 5.90. The molecule has 1 unspecified atom stereocenters. The van der Waals surface area contributed by atoms with Crippen LogP contribution in [0.15, 0.2) is 33.6 Å². The van der Waals surface area contributed by atoms with Crippen LogP contribution in [0.5, 0.6) is 0 Å². The van der Waals surface area contributed by atoms with Gasteiger partial charge in [0.05, 0.1) is 18.3 Å². The van der Waals surface area contributed by atoms with Crippen LogP contribution in [0.4, 0.5) is 5.69 Å². The SMILES string of the molecule is CC(C)NCC(O)CN1C=NS(=O)(=O)c2ccccc21. The van der Waals surface area contributed by atoms with E-state index in [9.17, 15) is 13.5 Å². The van der Waals surface area contributed by atoms with Crippen LogP contribution in [0.3, 0.4) is 0 Å². The van der Waals surface area contributed by atoms with Crippen LogP contribution < -0.4 is 10.2 Å². The third-order valence-corrected chi connectivity index (χ3v) is 4.22. The topological polar surface area (TPSA) is 82.0 Å². The molecular weight excluding hydrogens is 278 g/mol. The minimum atomic E-state index is -3.61. The third kappa shape index (κ3) is 3.36. The van der Waals surface area contributed by atoms with Crippen LogP contribution in [0, 0.1) is 0 Å². The van der Waals surface area contributed by atoms with Gasteiger partial charge in [0.1, 0.15) is 11.2 Å². The number of hydrogen-bond acceptors (Lipinski definition) is 5. The summed E-state index contributed by atoms with van der Waals surface area (Å²) in [5.41, 5.74) is 0.547. The molecule has 0 radical (unpaired) electrons. The standard InChI is InChI=1S/C13H19N3O3S/c1-10(2)14-7-11(17)8-16-9-15-20(18,19)13-6-4-3-5-12(13)16/h3-6,9-11,14,17H,7-8H2,1-2H3. The lowest BCUT2D eigenvalue weighted by atomic mass is 10.2. The van der Waals surface area contributed by atoms with Crippen molar-refractivity contribution in [3.05, 3.63) is 24.3 Å². The zero-order valence-electron chi connectivity index (χ0n) is 11.5. The molecule has 1 aromatic rings. The molecule has 0 saturated heterocycles. The van der Waals surface area contributed by atoms with Gasteiger partial charge in [-0.25, -0.2) is 0 Å². The molecule has 1 atom stereocenters. The van der Waals surface area contributed by atoms with Gasteiger partial charge in [0.2, 0.25) is 0 Å². The van der Waals surface area contributed by atoms with Crippen molar-refractivity contribution in [1.82, 2.24) is 5.32 Å². The zero-order chi connectivity index (χ0) is 14.8. The van der Waals surface area contributed by atoms with Gasteiger partial charge in [0.25, 0.3) is 10.0 Å². The first-order chi connectivity index (χ1) is 9.40. The summed E-state index contributed by atoms with van der Waals surface area (Å²) in [5, 5.41) is 13.1. The Balaban J connectivity index is 2.15. The second-order valence-electron chi connectivity index (χ2n) is 5.03. The highest BCUT2D eigenvalue weighted by molar-refractivity contribution is 7.90. The van der Waals surface area contributed by atoms with E-state index < -0.39 is 16.1 Å². The number of nitrogens with zero attached hydrogens (tertiary/aromatic N) is 2. The molecule has 0 aliphatic carbocycles. The third-order valence-electron chi connectivity index (χ3n) is 2.95. The van der Waals surface area contributed by atoms with Crippen molar-refractivity contribution in [1.29, 1.82) is 0 Å². The lowest BCUT2D eigenvalue weighted by Crippen LogP contribution is -2.41. The molecule has 0 saturated carbocycles. The second-order valence-corrected chi connectivity index (χ2v) is 6.63. The fraction of sp³-hybridized carbons (Fsp3) is 0.462. The van der Waals surface area contributed by atoms with Crippen molar-refractivity contribution in [2.24, 2.45) is 4.40 Å². The molecule has 2 N–H and O–H groups in total. The van der Waals surface area contributed by atoms with Gasteiger partial charge in [-0.3, -0.25) is 0 Å². The normalized spacial score (nSPS) is 18.1. The summed E-state index contributed by atoms with van der Waals surface area (Å²) < 4.78 is 27.2. The van der Waals surface area contributed by atoms with Crippen molar-refractivity contribution >= 4 is 22.0 Å². The molecular formula is C13H19N3O3S. The lowest BCUT2D eigenvalue weighted by molar-refractivity contribution is 0.177. The van der Waals surface area contributed by atoms with Gasteiger partial charge in [-0.1, -0.05) is 26.0 Å². The number of β-amino-alcohol motifs (C(OH)–C–C–N with tert-alkyl or cyclic N) is 1. The first-order valence-corrected chi connectivity index (χ1v) is 7.92. The maximum absolute atomic E-state index is 11.8. The number of aliphatic hydroxyl groups excluding tert-OH is 1. The van der Waals surface area contributed by atoms with E-state index in [1.165, 1.54) is 12.4 Å². The number of hydrogen-bond donors (Lipinski definition) is 2. The summed E-state index contributed by atoms with van der Waals surface area (Å²) in [4.78, 5) is 1.83. The molecule has 110 valence electrons. The molecule has 0 bridgehead atoms. The van der Waals surface area contributed by atoms with E-state index in [4.69, 9.17) is 0 Å². The number of fused-ring (bicyclic) bond motifs is 1. The Bertz CT molecular complexity index is 599. The van der Waals surface area contributed by atoms with E-state index in [-0.39, 0.29) is 17.5 Å². The molecule has 0 amide bonds. The Morgan fingerprint density at radius 3 is 2.75 bits per heavy atom. The number of anilines is 1. The fourth-order valence-electron chi connectivity index (χ4n) is 1.96. The molecule has 20 heavy (non-hydrogen) atoms. The average molecular weight is 297 g/mol. The van der Waals surface area contributed by atoms with Crippen LogP contribution in [0.1, 0.15) is 13.8 Å². The number of aliphatic hydroxyl groups is 1. The van der Waals surface area contributed by atoms with Crippen molar-refractivity contribution in [2.75, 3.05) is 18.0 Å². The number of nitrogens with one attached hydrogen (secondary N) is 1. The van der Waals surface area contributed by atoms with E-state index in [0.717, 1.165) is 0 Å². The highest BCUT2D eigenvalue weighted by Gasteiger charge is 2.25. The molecule has 1 heterocycles. The van der Waals surface area contributed by atoms with Gasteiger partial charge in [-0.05, 0) is 12.1 Å². The molecule has 2 rings (SSSR count). The van der Waals surface area contributed by atoms with Gasteiger partial charge in [-0.15, -0.1) is 4.40 Å². The summed E-state index contributed by atoms with van der Waals surface area (Å²) in [6, 6.07) is 6.94. The predicted molar refractivity (Wildman–Crippen MR) is 78.6 cm³/mol. The van der Waals surface area contributed by atoms with Crippen molar-refractivity contribution in [3.63, 3.8) is 0 Å². The molecule has 0 fully saturated rings. The van der Waals surface area contributed by atoms with Gasteiger partial charge in [0, 0.05) is 12.6 Å². The van der Waals surface area contributed by atoms with Crippen LogP contribution in [0.2, 0.25) is 0 Å². The zero-order valence-corrected chi connectivity index (χ0v) is 12.3. The van der Waals surface area contributed by atoms with Crippen LogP contribution >= 0.6 is 0 Å². The van der Waals surface area contributed by atoms with E-state index >= 15 is 0 Å². The molecule has 6 nitrogen and oxygen atoms in total. The quantitative estimate of drug-likeness (QED) is 0.831. The van der Waals surface area contributed by atoms with Gasteiger partial charge < -0.3 is 15.3 Å². The van der Waals surface area contributed by atoms with Gasteiger partial charge in [-0.2, -0.15) is 8.42 Å². The molecule has 1 aromatic carbocycles. The van der Waals surface area contributed by atoms with E-state index in [0.29, 0.717) is 12.2 Å². The highest BCUT2D eigenvalue weighted by Crippen LogP contribution is 2.29. The fourth-order valence-corrected chi connectivity index (χ4v) is 3.01. The van der Waals surface area contributed by atoms with Crippen LogP contribution in [-0.4, -0.2) is 45.1 Å². The maximum atomic E-state index is 11.8. The molecule has 1 aliphatic rings. The van der Waals surface area contributed by atoms with Crippen molar-refractivity contribution in [3.8, 4) is 0 Å². The molecule has 7 heteroatoms. The number of sulfonamides is 1. The van der Waals surface area contributed by atoms with Crippen LogP contribution in [-0.2, 0) is 10.0 Å². The molecule has 0 spiro atoms. The van der Waals surface area contributed by atoms with E-state index in [1.54, 1.807) is 23.1 Å². The number of para-hydroxylation sites is 1. The maximum Gasteiger partial charge on any atom is 0.285 e. The minimum absolute atomic E-state index is 0.173. The largest absolute Gasteiger partial charge is 0.390 e. The Morgan fingerprint density at radius 2 is 2.05 bits per heavy atom. The minimum Gasteiger partial charge on any atom is -0.390 e. The first-order valence-electron chi connectivity index (χ1n) is 6.48. The monoisotopic (exact) mass is 297 g/mol. The van der Waals surface area contributed by atoms with Crippen molar-refractivity contribution in [2.45, 2.75) is 30.9 Å². The Labute approximate surface area is 119 Å². The molecule has 0 aromatic heterocycles. The number of rotatable bonds is 5. The highest BCUT2D eigenvalue weighted by atomic mass is 32.2. The summed E-state index contributed by atoms with van der Waals surface area (Å²) in [6.07, 6.45) is 0.647. The van der Waals surface area contributed by atoms with Gasteiger partial charge in [0.15, 0.2) is 0 Å². The summed E-state index contributed by atoms with van der Waals surface area (Å²) in [6.45, 7) is 4.72. The average Bonchev–Trinajstić information content (AvgIpc) is 2.40. The van der Waals surface area contributed by atoms with E-state index in [2.05, 4.69) is 9.71 Å². The van der Waals surface area contributed by atoms with Gasteiger partial charge >= 0.3 is 0 Å². The van der Waals surface area contributed by atoms with E-state index in [1.807, 2.05) is 13.8 Å². The summed E-state index contributed by atoms with van der Waals surface area (Å²) >= 11 is 0. The Morgan fingerprint density at radius 1 is 1.35 bits per heavy atom. The Kier molecular flexibility index (Phi) is 4.42. The van der Waals surface area contributed by atoms with Crippen LogP contribution in [0.25, 0.3) is 0 Å². The Hall–Kier alpha value is -1.44. The predicted octanol–water partition coefficient (Wildman–Crippen LogP) is 0.583. The number of benzene rings is 1. The summed E-state index contributed by atoms with van der Waals surface area (Å²) in [5.74, 6) is 0. The first kappa shape index (κ1) is 15.0. The summed E-state index contributed by atoms with van der Waals surface area (Å²) in [7, 11) is -3.61. The smallest absolute Gasteiger partial charge is 0.285 e.